The molecule has 0 spiro atoms. The molecule has 0 N–H and O–H groups in total. The normalized spacial score (nSPS) is 14.6. The van der Waals surface area contributed by atoms with E-state index in [-0.39, 0.29) is 5.41 Å². The van der Waals surface area contributed by atoms with E-state index < -0.39 is 0 Å². The van der Waals surface area contributed by atoms with Gasteiger partial charge in [0.25, 0.3) is 0 Å². The first-order valence-electron chi connectivity index (χ1n) is 9.92. The molecule has 27 heavy (non-hydrogen) atoms. The SMILES string of the molecule is CC(c1ccccc1-c1ccccc1C1=Cc2ccccc2C1)C(C)(C)C. The molecule has 0 saturated heterocycles. The molecular formula is C27H28. The molecule has 0 aliphatic heterocycles. The van der Waals surface area contributed by atoms with Gasteiger partial charge in [0.1, 0.15) is 0 Å². The van der Waals surface area contributed by atoms with Crippen LogP contribution < -0.4 is 0 Å². The lowest BCUT2D eigenvalue weighted by Gasteiger charge is -2.30. The average Bonchev–Trinajstić information content (AvgIpc) is 3.11. The van der Waals surface area contributed by atoms with Crippen LogP contribution in [0.25, 0.3) is 22.8 Å². The Balaban J connectivity index is 1.83. The fourth-order valence-electron chi connectivity index (χ4n) is 4.04. The summed E-state index contributed by atoms with van der Waals surface area (Å²) in [4.78, 5) is 0. The summed E-state index contributed by atoms with van der Waals surface area (Å²) < 4.78 is 0. The second-order valence-electron chi connectivity index (χ2n) is 8.77. The maximum absolute atomic E-state index is 2.37. The number of benzene rings is 3. The lowest BCUT2D eigenvalue weighted by Crippen LogP contribution is -2.16. The minimum Gasteiger partial charge on any atom is -0.0619 e. The van der Waals surface area contributed by atoms with Crippen molar-refractivity contribution in [3.05, 3.63) is 95.1 Å². The smallest absolute Gasteiger partial charge is 0.00135 e. The third kappa shape index (κ3) is 3.37. The van der Waals surface area contributed by atoms with Crippen LogP contribution in [-0.4, -0.2) is 0 Å². The molecule has 1 aliphatic carbocycles. The van der Waals surface area contributed by atoms with Gasteiger partial charge < -0.3 is 0 Å². The van der Waals surface area contributed by atoms with Crippen LogP contribution in [0.3, 0.4) is 0 Å². The first-order chi connectivity index (χ1) is 12.9. The van der Waals surface area contributed by atoms with Gasteiger partial charge in [-0.1, -0.05) is 107 Å². The molecule has 0 nitrogen and oxygen atoms in total. The summed E-state index contributed by atoms with van der Waals surface area (Å²) in [5.41, 5.74) is 9.96. The Morgan fingerprint density at radius 2 is 1.30 bits per heavy atom. The van der Waals surface area contributed by atoms with Crippen LogP contribution in [0.5, 0.6) is 0 Å². The molecule has 136 valence electrons. The van der Waals surface area contributed by atoms with E-state index in [4.69, 9.17) is 0 Å². The van der Waals surface area contributed by atoms with E-state index in [1.807, 2.05) is 0 Å². The number of hydrogen-bond acceptors (Lipinski definition) is 0. The fourth-order valence-corrected chi connectivity index (χ4v) is 4.04. The van der Waals surface area contributed by atoms with Crippen molar-refractivity contribution in [2.75, 3.05) is 0 Å². The zero-order chi connectivity index (χ0) is 19.0. The largest absolute Gasteiger partial charge is 0.0619 e. The van der Waals surface area contributed by atoms with Gasteiger partial charge in [-0.25, -0.2) is 0 Å². The highest BCUT2D eigenvalue weighted by atomic mass is 14.3. The maximum atomic E-state index is 2.37. The van der Waals surface area contributed by atoms with Crippen molar-refractivity contribution in [3.63, 3.8) is 0 Å². The van der Waals surface area contributed by atoms with E-state index in [0.29, 0.717) is 5.92 Å². The Kier molecular flexibility index (Phi) is 4.52. The second kappa shape index (κ2) is 6.85. The van der Waals surface area contributed by atoms with Crippen LogP contribution in [0.1, 0.15) is 55.9 Å². The third-order valence-electron chi connectivity index (χ3n) is 6.06. The van der Waals surface area contributed by atoms with Crippen molar-refractivity contribution in [1.29, 1.82) is 0 Å². The Hall–Kier alpha value is -2.60. The Bertz CT molecular complexity index is 998. The zero-order valence-electron chi connectivity index (χ0n) is 16.8. The number of hydrogen-bond donors (Lipinski definition) is 0. The molecule has 0 heterocycles. The van der Waals surface area contributed by atoms with Crippen LogP contribution >= 0.6 is 0 Å². The number of allylic oxidation sites excluding steroid dienone is 1. The molecule has 1 unspecified atom stereocenters. The molecular weight excluding hydrogens is 324 g/mol. The van der Waals surface area contributed by atoms with Gasteiger partial charge >= 0.3 is 0 Å². The highest BCUT2D eigenvalue weighted by Crippen LogP contribution is 2.42. The van der Waals surface area contributed by atoms with Gasteiger partial charge in [0, 0.05) is 0 Å². The molecule has 0 saturated carbocycles. The van der Waals surface area contributed by atoms with E-state index in [9.17, 15) is 0 Å². The van der Waals surface area contributed by atoms with Crippen LogP contribution in [0.15, 0.2) is 72.8 Å². The van der Waals surface area contributed by atoms with Gasteiger partial charge in [0.2, 0.25) is 0 Å². The predicted octanol–water partition coefficient (Wildman–Crippen LogP) is 7.60. The van der Waals surface area contributed by atoms with Gasteiger partial charge in [-0.3, -0.25) is 0 Å². The predicted molar refractivity (Wildman–Crippen MR) is 118 cm³/mol. The van der Waals surface area contributed by atoms with E-state index in [0.717, 1.165) is 6.42 Å². The van der Waals surface area contributed by atoms with E-state index >= 15 is 0 Å². The van der Waals surface area contributed by atoms with E-state index in [1.54, 1.807) is 0 Å². The van der Waals surface area contributed by atoms with E-state index in [1.165, 1.54) is 39.0 Å². The van der Waals surface area contributed by atoms with E-state index in [2.05, 4.69) is 107 Å². The molecule has 3 aromatic carbocycles. The summed E-state index contributed by atoms with van der Waals surface area (Å²) in [5, 5.41) is 0. The summed E-state index contributed by atoms with van der Waals surface area (Å²) in [6, 6.07) is 26.6. The van der Waals surface area contributed by atoms with Crippen LogP contribution in [-0.2, 0) is 6.42 Å². The van der Waals surface area contributed by atoms with Gasteiger partial charge in [0.15, 0.2) is 0 Å². The lowest BCUT2D eigenvalue weighted by molar-refractivity contribution is 0.340. The molecule has 0 bridgehead atoms. The maximum Gasteiger partial charge on any atom is -0.00135 e. The molecule has 0 radical (unpaired) electrons. The molecule has 0 amide bonds. The summed E-state index contributed by atoms with van der Waals surface area (Å²) >= 11 is 0. The van der Waals surface area contributed by atoms with Gasteiger partial charge in [-0.15, -0.1) is 0 Å². The Labute approximate surface area is 163 Å². The monoisotopic (exact) mass is 352 g/mol. The highest BCUT2D eigenvalue weighted by molar-refractivity contribution is 5.94. The molecule has 0 heteroatoms. The van der Waals surface area contributed by atoms with Crippen molar-refractivity contribution >= 4 is 11.6 Å². The lowest BCUT2D eigenvalue weighted by atomic mass is 9.75. The van der Waals surface area contributed by atoms with Crippen molar-refractivity contribution < 1.29 is 0 Å². The summed E-state index contributed by atoms with van der Waals surface area (Å²) in [5.74, 6) is 0.483. The molecule has 4 rings (SSSR count). The zero-order valence-corrected chi connectivity index (χ0v) is 16.8. The standard InChI is InChI=1S/C27H28/c1-19(27(2,3)4)23-13-7-9-15-25(23)26-16-10-8-14-24(26)22-17-20-11-5-6-12-21(20)18-22/h5-17,19H,18H2,1-4H3. The minimum atomic E-state index is 0.230. The van der Waals surface area contributed by atoms with Gasteiger partial charge in [-0.2, -0.15) is 0 Å². The Morgan fingerprint density at radius 3 is 2.00 bits per heavy atom. The van der Waals surface area contributed by atoms with Crippen molar-refractivity contribution in [2.24, 2.45) is 5.41 Å². The van der Waals surface area contributed by atoms with Crippen molar-refractivity contribution in [3.8, 4) is 11.1 Å². The summed E-state index contributed by atoms with van der Waals surface area (Å²) in [6.07, 6.45) is 3.38. The Morgan fingerprint density at radius 1 is 0.704 bits per heavy atom. The van der Waals surface area contributed by atoms with Crippen LogP contribution in [0.4, 0.5) is 0 Å². The first kappa shape index (κ1) is 17.8. The molecule has 1 aliphatic rings. The third-order valence-corrected chi connectivity index (χ3v) is 6.06. The molecule has 0 aromatic heterocycles. The number of fused-ring (bicyclic) bond motifs is 1. The first-order valence-corrected chi connectivity index (χ1v) is 9.92. The molecule has 3 aromatic rings. The molecule has 1 atom stereocenters. The highest BCUT2D eigenvalue weighted by Gasteiger charge is 2.25. The van der Waals surface area contributed by atoms with Gasteiger partial charge in [-0.05, 0) is 56.7 Å². The fraction of sp³-hybridized carbons (Fsp3) is 0.259. The number of rotatable bonds is 3. The average molecular weight is 353 g/mol. The minimum absolute atomic E-state index is 0.230. The quantitative estimate of drug-likeness (QED) is 0.455. The van der Waals surface area contributed by atoms with Gasteiger partial charge in [0.05, 0.1) is 0 Å². The summed E-state index contributed by atoms with van der Waals surface area (Å²) in [6.45, 7) is 9.34. The van der Waals surface area contributed by atoms with Crippen molar-refractivity contribution in [1.82, 2.24) is 0 Å². The summed E-state index contributed by atoms with van der Waals surface area (Å²) in [7, 11) is 0. The van der Waals surface area contributed by atoms with Crippen LogP contribution in [0, 0.1) is 5.41 Å². The van der Waals surface area contributed by atoms with Crippen LogP contribution in [0.2, 0.25) is 0 Å². The second-order valence-corrected chi connectivity index (χ2v) is 8.77. The topological polar surface area (TPSA) is 0 Å². The van der Waals surface area contributed by atoms with Crippen molar-refractivity contribution in [2.45, 2.75) is 40.0 Å². The molecule has 0 fully saturated rings.